The van der Waals surface area contributed by atoms with Gasteiger partial charge in [0.15, 0.2) is 0 Å². The molecular weight excluding hydrogens is 392 g/mol. The van der Waals surface area contributed by atoms with Gasteiger partial charge in [0.25, 0.3) is 0 Å². The Morgan fingerprint density at radius 1 is 0.875 bits per heavy atom. The van der Waals surface area contributed by atoms with Crippen LogP contribution in [0.4, 0.5) is 0 Å². The first-order valence-corrected chi connectivity index (χ1v) is 14.1. The zero-order valence-corrected chi connectivity index (χ0v) is 20.4. The average molecular weight is 437 g/mol. The minimum Gasteiger partial charge on any atom is -0.465 e. The second-order valence-corrected chi connectivity index (χ2v) is 12.5. The number of rotatable bonds is 7. The Morgan fingerprint density at radius 3 is 2.19 bits per heavy atom. The molecule has 6 aliphatic carbocycles. The third kappa shape index (κ3) is 4.04. The molecule has 0 spiro atoms. The van der Waals surface area contributed by atoms with Gasteiger partial charge in [-0.05, 0) is 117 Å². The summed E-state index contributed by atoms with van der Waals surface area (Å²) in [5.74, 6) is 6.72. The number of hydrogen-bond donors (Lipinski definition) is 0. The Hall–Kier alpha value is -1.02. The van der Waals surface area contributed by atoms with Gasteiger partial charge in [-0.3, -0.25) is 0 Å². The van der Waals surface area contributed by atoms with Gasteiger partial charge in [0.2, 0.25) is 6.29 Å². The fraction of sp³-hybridized carbons (Fsp3) is 0.800. The normalized spacial score (nSPS) is 41.9. The molecule has 6 aliphatic rings. The molecule has 5 atom stereocenters. The third-order valence-corrected chi connectivity index (χ3v) is 10.4. The maximum absolute atomic E-state index is 7.26. The molecule has 2 heteroatoms. The summed E-state index contributed by atoms with van der Waals surface area (Å²) in [6, 6.07) is 8.99. The molecule has 0 aromatic heterocycles. The van der Waals surface area contributed by atoms with Crippen molar-refractivity contribution in [3.63, 3.8) is 0 Å². The lowest BCUT2D eigenvalue weighted by Gasteiger charge is -2.57. The Balaban J connectivity index is 1.24. The molecule has 0 heterocycles. The van der Waals surface area contributed by atoms with Crippen molar-refractivity contribution in [1.82, 2.24) is 0 Å². The van der Waals surface area contributed by atoms with Crippen LogP contribution in [0, 0.1) is 35.5 Å². The van der Waals surface area contributed by atoms with E-state index in [1.54, 1.807) is 0 Å². The van der Waals surface area contributed by atoms with Gasteiger partial charge in [0, 0.05) is 5.92 Å². The zero-order chi connectivity index (χ0) is 21.7. The summed E-state index contributed by atoms with van der Waals surface area (Å²) >= 11 is 0. The van der Waals surface area contributed by atoms with Crippen molar-refractivity contribution < 1.29 is 9.47 Å². The maximum atomic E-state index is 7.26. The Kier molecular flexibility index (Phi) is 5.81. The smallest absolute Gasteiger partial charge is 0.203 e. The van der Waals surface area contributed by atoms with Gasteiger partial charge in [-0.25, -0.2) is 0 Å². The lowest BCUT2D eigenvalue weighted by atomic mass is 9.54. The quantitative estimate of drug-likeness (QED) is 0.402. The molecule has 6 fully saturated rings. The number of fused-ring (bicyclic) bond motifs is 1. The molecule has 1 aromatic carbocycles. The van der Waals surface area contributed by atoms with Crippen LogP contribution in [0.15, 0.2) is 24.3 Å². The molecule has 0 radical (unpaired) electrons. The van der Waals surface area contributed by atoms with E-state index in [4.69, 9.17) is 9.47 Å². The molecule has 4 bridgehead atoms. The van der Waals surface area contributed by atoms with E-state index in [2.05, 4.69) is 38.1 Å². The van der Waals surface area contributed by atoms with Crippen molar-refractivity contribution in [2.75, 3.05) is 0 Å². The SMILES string of the molecule is CCC(C)c1ccc(OC(OC23CC4CC(CC(C4)C2)C3)C2CCC3CCCCC32)cc1. The topological polar surface area (TPSA) is 18.5 Å². The zero-order valence-electron chi connectivity index (χ0n) is 20.4. The molecule has 0 saturated heterocycles. The van der Waals surface area contributed by atoms with E-state index >= 15 is 0 Å². The predicted octanol–water partition coefficient (Wildman–Crippen LogP) is 8.11. The molecule has 0 amide bonds. The molecule has 7 rings (SSSR count). The van der Waals surface area contributed by atoms with Gasteiger partial charge in [-0.1, -0.05) is 45.2 Å². The van der Waals surface area contributed by atoms with E-state index in [0.29, 0.717) is 11.8 Å². The highest BCUT2D eigenvalue weighted by molar-refractivity contribution is 5.29. The van der Waals surface area contributed by atoms with Crippen LogP contribution < -0.4 is 4.74 Å². The lowest BCUT2D eigenvalue weighted by molar-refractivity contribution is -0.251. The second-order valence-electron chi connectivity index (χ2n) is 12.5. The summed E-state index contributed by atoms with van der Waals surface area (Å²) in [7, 11) is 0. The summed E-state index contributed by atoms with van der Waals surface area (Å²) in [4.78, 5) is 0. The van der Waals surface area contributed by atoms with E-state index < -0.39 is 0 Å². The van der Waals surface area contributed by atoms with Crippen molar-refractivity contribution in [3.05, 3.63) is 29.8 Å². The van der Waals surface area contributed by atoms with E-state index in [-0.39, 0.29) is 11.9 Å². The molecule has 5 unspecified atom stereocenters. The Morgan fingerprint density at radius 2 is 1.53 bits per heavy atom. The Bertz CT molecular complexity index is 747. The molecule has 2 nitrogen and oxygen atoms in total. The first-order valence-electron chi connectivity index (χ1n) is 14.1. The standard InChI is InChI=1S/C30H44O2/c1-3-20(2)24-8-11-26(12-9-24)31-29(28-13-10-25-6-4-5-7-27(25)28)32-30-17-21-14-22(18-30)16-23(15-21)19-30/h8-9,11-12,20-23,25,27-29H,3-7,10,13-19H2,1-2H3. The molecule has 0 aliphatic heterocycles. The summed E-state index contributed by atoms with van der Waals surface area (Å²) in [5, 5.41) is 0. The maximum Gasteiger partial charge on any atom is 0.203 e. The summed E-state index contributed by atoms with van der Waals surface area (Å²) in [6.07, 6.45) is 17.8. The largest absolute Gasteiger partial charge is 0.465 e. The highest BCUT2D eigenvalue weighted by Crippen LogP contribution is 2.58. The fourth-order valence-corrected chi connectivity index (χ4v) is 8.98. The van der Waals surface area contributed by atoms with E-state index in [9.17, 15) is 0 Å². The van der Waals surface area contributed by atoms with Crippen LogP contribution in [0.25, 0.3) is 0 Å². The van der Waals surface area contributed by atoms with Crippen LogP contribution in [0.1, 0.15) is 109 Å². The van der Waals surface area contributed by atoms with E-state index in [1.807, 2.05) is 0 Å². The van der Waals surface area contributed by atoms with Crippen LogP contribution in [0.3, 0.4) is 0 Å². The van der Waals surface area contributed by atoms with Crippen LogP contribution in [0.2, 0.25) is 0 Å². The average Bonchev–Trinajstić information content (AvgIpc) is 3.22. The van der Waals surface area contributed by atoms with Crippen LogP contribution in [-0.2, 0) is 4.74 Å². The van der Waals surface area contributed by atoms with Crippen molar-refractivity contribution in [2.24, 2.45) is 35.5 Å². The second kappa shape index (κ2) is 8.64. The van der Waals surface area contributed by atoms with Crippen molar-refractivity contribution in [1.29, 1.82) is 0 Å². The molecule has 0 N–H and O–H groups in total. The molecule has 176 valence electrons. The molecule has 32 heavy (non-hydrogen) atoms. The third-order valence-electron chi connectivity index (χ3n) is 10.4. The van der Waals surface area contributed by atoms with E-state index in [0.717, 1.165) is 35.3 Å². The van der Waals surface area contributed by atoms with Crippen LogP contribution >= 0.6 is 0 Å². The van der Waals surface area contributed by atoms with Gasteiger partial charge in [0.1, 0.15) is 5.75 Å². The lowest BCUT2D eigenvalue weighted by Crippen LogP contribution is -2.55. The fourth-order valence-electron chi connectivity index (χ4n) is 8.98. The van der Waals surface area contributed by atoms with Crippen molar-refractivity contribution in [3.8, 4) is 5.75 Å². The molecular formula is C30H44O2. The van der Waals surface area contributed by atoms with Gasteiger partial charge in [0.05, 0.1) is 5.60 Å². The number of benzene rings is 1. The summed E-state index contributed by atoms with van der Waals surface area (Å²) in [6.45, 7) is 4.58. The van der Waals surface area contributed by atoms with E-state index in [1.165, 1.54) is 89.0 Å². The predicted molar refractivity (Wildman–Crippen MR) is 130 cm³/mol. The minimum absolute atomic E-state index is 0.0474. The van der Waals surface area contributed by atoms with Crippen molar-refractivity contribution in [2.45, 2.75) is 115 Å². The number of ether oxygens (including phenoxy) is 2. The van der Waals surface area contributed by atoms with Gasteiger partial charge in [-0.15, -0.1) is 0 Å². The van der Waals surface area contributed by atoms with Crippen LogP contribution in [-0.4, -0.2) is 11.9 Å². The molecule has 6 saturated carbocycles. The van der Waals surface area contributed by atoms with Crippen molar-refractivity contribution >= 4 is 0 Å². The first kappa shape index (κ1) is 21.5. The summed E-state index contributed by atoms with van der Waals surface area (Å²) in [5.41, 5.74) is 1.54. The number of hydrogen-bond acceptors (Lipinski definition) is 2. The van der Waals surface area contributed by atoms with Gasteiger partial charge in [-0.2, -0.15) is 0 Å². The van der Waals surface area contributed by atoms with Crippen LogP contribution in [0.5, 0.6) is 5.75 Å². The first-order chi connectivity index (χ1) is 15.6. The highest BCUT2D eigenvalue weighted by Gasteiger charge is 2.54. The van der Waals surface area contributed by atoms with Gasteiger partial charge < -0.3 is 9.47 Å². The minimum atomic E-state index is -0.0474. The van der Waals surface area contributed by atoms with Gasteiger partial charge >= 0.3 is 0 Å². The monoisotopic (exact) mass is 436 g/mol. The molecule has 1 aromatic rings. The highest BCUT2D eigenvalue weighted by atomic mass is 16.7. The summed E-state index contributed by atoms with van der Waals surface area (Å²) < 4.78 is 14.1. The Labute approximate surface area is 195 Å².